The molecule has 1 aromatic heterocycles. The van der Waals surface area contributed by atoms with Crippen molar-refractivity contribution in [3.8, 4) is 11.8 Å². The molecule has 1 unspecified atom stereocenters. The Kier molecular flexibility index (Phi) is 4.90. The van der Waals surface area contributed by atoms with Crippen LogP contribution in [0.15, 0.2) is 66.9 Å². The molecule has 0 radical (unpaired) electrons. The van der Waals surface area contributed by atoms with E-state index in [4.69, 9.17) is 0 Å². The molecule has 0 bridgehead atoms. The Labute approximate surface area is 163 Å². The molecule has 0 fully saturated rings. The van der Waals surface area contributed by atoms with Crippen molar-refractivity contribution in [3.63, 3.8) is 0 Å². The number of hydrogen-bond acceptors (Lipinski definition) is 2. The zero-order valence-electron chi connectivity index (χ0n) is 15.5. The molecule has 0 saturated carbocycles. The van der Waals surface area contributed by atoms with Gasteiger partial charge in [0.2, 0.25) is 0 Å². The highest BCUT2D eigenvalue weighted by Crippen LogP contribution is 2.30. The Balaban J connectivity index is 1.62. The molecule has 3 nitrogen and oxygen atoms in total. The fourth-order valence-corrected chi connectivity index (χ4v) is 3.54. The van der Waals surface area contributed by atoms with E-state index in [1.807, 2.05) is 37.3 Å². The molecule has 0 spiro atoms. The highest BCUT2D eigenvalue weighted by Gasteiger charge is 2.29. The Morgan fingerprint density at radius 3 is 2.75 bits per heavy atom. The van der Waals surface area contributed by atoms with Crippen molar-refractivity contribution in [2.45, 2.75) is 19.4 Å². The largest absolute Gasteiger partial charge is 0.331 e. The van der Waals surface area contributed by atoms with Gasteiger partial charge in [0.15, 0.2) is 0 Å². The number of hydrogen-bond donors (Lipinski definition) is 0. The Bertz CT molecular complexity index is 1080. The molecule has 3 aromatic rings. The summed E-state index contributed by atoms with van der Waals surface area (Å²) in [4.78, 5) is 19.0. The number of halogens is 1. The summed E-state index contributed by atoms with van der Waals surface area (Å²) in [6, 6.07) is 17.9. The van der Waals surface area contributed by atoms with Crippen LogP contribution in [0.25, 0.3) is 0 Å². The lowest BCUT2D eigenvalue weighted by Crippen LogP contribution is -2.39. The third-order valence-corrected chi connectivity index (χ3v) is 5.05. The van der Waals surface area contributed by atoms with Crippen molar-refractivity contribution >= 4 is 5.91 Å². The van der Waals surface area contributed by atoms with Crippen LogP contribution in [0, 0.1) is 17.7 Å². The van der Waals surface area contributed by atoms with Crippen LogP contribution >= 0.6 is 0 Å². The molecule has 4 heteroatoms. The number of benzene rings is 2. The molecular formula is C24H19FN2O. The van der Waals surface area contributed by atoms with Gasteiger partial charge >= 0.3 is 0 Å². The lowest BCUT2D eigenvalue weighted by atomic mass is 9.93. The van der Waals surface area contributed by atoms with Gasteiger partial charge in [0.1, 0.15) is 11.5 Å². The minimum absolute atomic E-state index is 0.0547. The average molecular weight is 370 g/mol. The summed E-state index contributed by atoms with van der Waals surface area (Å²) in [5, 5.41) is 0. The van der Waals surface area contributed by atoms with Crippen LogP contribution in [0.5, 0.6) is 0 Å². The molecule has 4 rings (SSSR count). The molecule has 2 aromatic carbocycles. The van der Waals surface area contributed by atoms with Gasteiger partial charge in [0.25, 0.3) is 5.91 Å². The number of pyridine rings is 1. The number of fused-ring (bicyclic) bond motifs is 1. The van der Waals surface area contributed by atoms with Crippen molar-refractivity contribution in [2.75, 3.05) is 6.54 Å². The predicted octanol–water partition coefficient (Wildman–Crippen LogP) is 4.38. The number of nitrogens with zero attached hydrogens (tertiary/aromatic N) is 2. The van der Waals surface area contributed by atoms with Crippen molar-refractivity contribution in [3.05, 3.63) is 101 Å². The van der Waals surface area contributed by atoms with Gasteiger partial charge < -0.3 is 4.90 Å². The van der Waals surface area contributed by atoms with E-state index in [2.05, 4.69) is 22.9 Å². The lowest BCUT2D eigenvalue weighted by Gasteiger charge is -2.35. The number of amides is 1. The Hall–Kier alpha value is -3.45. The fraction of sp³-hybridized carbons (Fsp3) is 0.167. The maximum atomic E-state index is 14.5. The normalized spacial score (nSPS) is 15.4. The number of rotatable bonds is 1. The third kappa shape index (κ3) is 3.52. The summed E-state index contributed by atoms with van der Waals surface area (Å²) in [5.41, 5.74) is 3.63. The van der Waals surface area contributed by atoms with Crippen molar-refractivity contribution in [1.82, 2.24) is 9.88 Å². The lowest BCUT2D eigenvalue weighted by molar-refractivity contribution is 0.0673. The van der Waals surface area contributed by atoms with E-state index in [9.17, 15) is 9.18 Å². The maximum absolute atomic E-state index is 14.5. The first kappa shape index (κ1) is 17.9. The molecule has 0 aliphatic carbocycles. The Morgan fingerprint density at radius 2 is 1.93 bits per heavy atom. The third-order valence-electron chi connectivity index (χ3n) is 5.05. The van der Waals surface area contributed by atoms with Crippen LogP contribution in [0.3, 0.4) is 0 Å². The van der Waals surface area contributed by atoms with E-state index < -0.39 is 5.82 Å². The predicted molar refractivity (Wildman–Crippen MR) is 106 cm³/mol. The van der Waals surface area contributed by atoms with E-state index in [1.54, 1.807) is 23.2 Å². The van der Waals surface area contributed by atoms with E-state index in [0.717, 1.165) is 12.0 Å². The fourth-order valence-electron chi connectivity index (χ4n) is 3.54. The van der Waals surface area contributed by atoms with E-state index in [-0.39, 0.29) is 17.5 Å². The number of aromatic nitrogens is 1. The summed E-state index contributed by atoms with van der Waals surface area (Å²) in [6.45, 7) is 2.55. The summed E-state index contributed by atoms with van der Waals surface area (Å²) >= 11 is 0. The van der Waals surface area contributed by atoms with Crippen molar-refractivity contribution in [2.24, 2.45) is 0 Å². The molecule has 0 saturated heterocycles. The summed E-state index contributed by atoms with van der Waals surface area (Å²) in [7, 11) is 0. The van der Waals surface area contributed by atoms with Crippen LogP contribution < -0.4 is 0 Å². The summed E-state index contributed by atoms with van der Waals surface area (Å²) in [6.07, 6.45) is 2.44. The minimum Gasteiger partial charge on any atom is -0.331 e. The summed E-state index contributed by atoms with van der Waals surface area (Å²) in [5.74, 6) is 5.07. The summed E-state index contributed by atoms with van der Waals surface area (Å²) < 4.78 is 14.5. The number of carbonyl (C=O) groups excluding carboxylic acids is 1. The molecule has 1 aliphatic heterocycles. The van der Waals surface area contributed by atoms with Crippen LogP contribution in [0.1, 0.15) is 45.7 Å². The van der Waals surface area contributed by atoms with Gasteiger partial charge in [-0.3, -0.25) is 4.79 Å². The smallest absolute Gasteiger partial charge is 0.257 e. The van der Waals surface area contributed by atoms with Gasteiger partial charge in [-0.2, -0.15) is 0 Å². The molecule has 0 N–H and O–H groups in total. The molecule has 138 valence electrons. The number of carbonyl (C=O) groups is 1. The maximum Gasteiger partial charge on any atom is 0.257 e. The second-order valence-corrected chi connectivity index (χ2v) is 6.78. The van der Waals surface area contributed by atoms with Gasteiger partial charge in [-0.15, -0.1) is 0 Å². The van der Waals surface area contributed by atoms with E-state index in [0.29, 0.717) is 17.8 Å². The topological polar surface area (TPSA) is 33.2 Å². The second-order valence-electron chi connectivity index (χ2n) is 6.78. The van der Waals surface area contributed by atoms with Gasteiger partial charge in [0.05, 0.1) is 11.6 Å². The van der Waals surface area contributed by atoms with Gasteiger partial charge in [-0.05, 0) is 60.7 Å². The molecule has 2 heterocycles. The highest BCUT2D eigenvalue weighted by molar-refractivity contribution is 5.95. The standard InChI is InChI=1S/C24H19FN2O/c1-17-21-8-3-2-6-19(21)13-15-27(17)24(28)22-16-18(10-12-23(22)25)9-11-20-7-4-5-14-26-20/h2-8,10,12,14,16-17H,13,15H2,1H3. The van der Waals surface area contributed by atoms with E-state index in [1.165, 1.54) is 17.7 Å². The van der Waals surface area contributed by atoms with E-state index >= 15 is 0 Å². The molecule has 1 atom stereocenters. The van der Waals surface area contributed by atoms with Crippen LogP contribution in [-0.4, -0.2) is 22.3 Å². The van der Waals surface area contributed by atoms with Gasteiger partial charge in [0, 0.05) is 18.3 Å². The van der Waals surface area contributed by atoms with Crippen LogP contribution in [0.2, 0.25) is 0 Å². The molecule has 1 aliphatic rings. The van der Waals surface area contributed by atoms with Crippen molar-refractivity contribution < 1.29 is 9.18 Å². The SMILES string of the molecule is CC1c2ccccc2CCN1C(=O)c1cc(C#Cc2ccccn2)ccc1F. The van der Waals surface area contributed by atoms with Gasteiger partial charge in [-0.25, -0.2) is 9.37 Å². The first-order valence-corrected chi connectivity index (χ1v) is 9.25. The highest BCUT2D eigenvalue weighted by atomic mass is 19.1. The Morgan fingerprint density at radius 1 is 1.11 bits per heavy atom. The van der Waals surface area contributed by atoms with Crippen molar-refractivity contribution in [1.29, 1.82) is 0 Å². The molecule has 28 heavy (non-hydrogen) atoms. The molecule has 1 amide bonds. The van der Waals surface area contributed by atoms with Crippen LogP contribution in [0.4, 0.5) is 4.39 Å². The monoisotopic (exact) mass is 370 g/mol. The minimum atomic E-state index is -0.528. The first-order valence-electron chi connectivity index (χ1n) is 9.25. The second kappa shape index (κ2) is 7.66. The average Bonchev–Trinajstić information content (AvgIpc) is 2.74. The first-order chi connectivity index (χ1) is 13.6. The molecular weight excluding hydrogens is 351 g/mol. The van der Waals surface area contributed by atoms with Gasteiger partial charge in [-0.1, -0.05) is 36.3 Å². The zero-order chi connectivity index (χ0) is 19.5. The zero-order valence-corrected chi connectivity index (χ0v) is 15.5. The quantitative estimate of drug-likeness (QED) is 0.596. The van der Waals surface area contributed by atoms with Crippen LogP contribution in [-0.2, 0) is 6.42 Å².